The highest BCUT2D eigenvalue weighted by molar-refractivity contribution is 6.88. The van der Waals surface area contributed by atoms with E-state index in [1.807, 2.05) is 12.3 Å². The minimum atomic E-state index is -1.48. The van der Waals surface area contributed by atoms with Gasteiger partial charge < -0.3 is 4.42 Å². The van der Waals surface area contributed by atoms with Crippen LogP contribution in [0.25, 0.3) is 33.3 Å². The molecule has 126 valence electrons. The van der Waals surface area contributed by atoms with Crippen LogP contribution in [0.1, 0.15) is 11.1 Å². The molecule has 0 radical (unpaired) electrons. The van der Waals surface area contributed by atoms with E-state index < -0.39 is 8.07 Å². The lowest BCUT2D eigenvalue weighted by molar-refractivity contribution is 0.654. The van der Waals surface area contributed by atoms with Gasteiger partial charge >= 0.3 is 0 Å². The molecule has 0 saturated heterocycles. The summed E-state index contributed by atoms with van der Waals surface area (Å²) < 4.78 is 6.20. The number of nitrogens with zero attached hydrogens (tertiary/aromatic N) is 2. The molecule has 0 atom stereocenters. The van der Waals surface area contributed by atoms with E-state index >= 15 is 0 Å². The van der Waals surface area contributed by atoms with Gasteiger partial charge in [-0.3, -0.25) is 4.98 Å². The Labute approximate surface area is 148 Å². The summed E-state index contributed by atoms with van der Waals surface area (Å²) in [6, 6.07) is 12.8. The molecule has 4 aromatic rings. The van der Waals surface area contributed by atoms with Crippen molar-refractivity contribution >= 4 is 35.5 Å². The molecule has 0 saturated carbocycles. The quantitative estimate of drug-likeness (QED) is 0.468. The number of aromatic nitrogens is 2. The molecule has 0 aliphatic rings. The van der Waals surface area contributed by atoms with Crippen molar-refractivity contribution in [3.05, 3.63) is 53.7 Å². The first-order valence-electron chi connectivity index (χ1n) is 8.60. The fourth-order valence-electron chi connectivity index (χ4n) is 3.32. The summed E-state index contributed by atoms with van der Waals surface area (Å²) in [6.45, 7) is 11.1. The van der Waals surface area contributed by atoms with Gasteiger partial charge in [0.15, 0.2) is 5.58 Å². The van der Waals surface area contributed by atoms with Gasteiger partial charge in [-0.1, -0.05) is 36.8 Å². The predicted molar refractivity (Wildman–Crippen MR) is 107 cm³/mol. The molecule has 0 aliphatic carbocycles. The highest BCUT2D eigenvalue weighted by atomic mass is 28.3. The van der Waals surface area contributed by atoms with E-state index in [-0.39, 0.29) is 0 Å². The predicted octanol–water partition coefficient (Wildman–Crippen LogP) is 5.21. The van der Waals surface area contributed by atoms with Crippen molar-refractivity contribution in [3.8, 4) is 11.3 Å². The number of benzene rings is 1. The highest BCUT2D eigenvalue weighted by Gasteiger charge is 2.21. The van der Waals surface area contributed by atoms with Crippen molar-refractivity contribution in [1.29, 1.82) is 0 Å². The standard InChI is InChI=1S/C21H22N2OSi/c1-13-10-14(2)12-15(11-13)19-20-16(8-9-22-19)17-6-7-18(25(3,4)5)23-21(17)24-20/h6-12H,1-5H3. The third-order valence-corrected chi connectivity index (χ3v) is 6.33. The summed E-state index contributed by atoms with van der Waals surface area (Å²) in [5.74, 6) is 0. The van der Waals surface area contributed by atoms with Crippen LogP contribution in [0.2, 0.25) is 19.6 Å². The van der Waals surface area contributed by atoms with Gasteiger partial charge in [0.25, 0.3) is 0 Å². The van der Waals surface area contributed by atoms with E-state index in [1.54, 1.807) is 0 Å². The van der Waals surface area contributed by atoms with Gasteiger partial charge in [-0.05, 0) is 44.2 Å². The van der Waals surface area contributed by atoms with E-state index in [0.717, 1.165) is 27.6 Å². The zero-order valence-corrected chi connectivity index (χ0v) is 16.3. The number of fused-ring (bicyclic) bond motifs is 3. The normalized spacial score (nSPS) is 12.2. The lowest BCUT2D eigenvalue weighted by atomic mass is 10.0. The van der Waals surface area contributed by atoms with Gasteiger partial charge in [-0.25, -0.2) is 4.98 Å². The minimum absolute atomic E-state index is 0.716. The van der Waals surface area contributed by atoms with Crippen LogP contribution in [0.3, 0.4) is 0 Å². The first-order chi connectivity index (χ1) is 11.8. The van der Waals surface area contributed by atoms with Crippen LogP contribution >= 0.6 is 0 Å². The second kappa shape index (κ2) is 5.53. The summed E-state index contributed by atoms with van der Waals surface area (Å²) in [4.78, 5) is 9.43. The van der Waals surface area contributed by atoms with Crippen LogP contribution in [0, 0.1) is 13.8 Å². The molecule has 3 nitrogen and oxygen atoms in total. The maximum absolute atomic E-state index is 6.20. The molecular weight excluding hydrogens is 324 g/mol. The fourth-order valence-corrected chi connectivity index (χ4v) is 4.34. The molecule has 0 spiro atoms. The van der Waals surface area contributed by atoms with Crippen LogP contribution in [-0.4, -0.2) is 18.0 Å². The zero-order chi connectivity index (χ0) is 17.8. The molecule has 0 aliphatic heterocycles. The number of rotatable bonds is 2. The molecule has 0 N–H and O–H groups in total. The van der Waals surface area contributed by atoms with Gasteiger partial charge in [0.2, 0.25) is 5.71 Å². The van der Waals surface area contributed by atoms with Crippen molar-refractivity contribution in [2.75, 3.05) is 0 Å². The van der Waals surface area contributed by atoms with E-state index in [2.05, 4.69) is 68.8 Å². The summed E-state index contributed by atoms with van der Waals surface area (Å²) in [5.41, 5.74) is 5.97. The van der Waals surface area contributed by atoms with Gasteiger partial charge in [0.1, 0.15) is 13.8 Å². The van der Waals surface area contributed by atoms with Gasteiger partial charge in [0, 0.05) is 27.8 Å². The van der Waals surface area contributed by atoms with Crippen LogP contribution < -0.4 is 5.32 Å². The molecule has 0 amide bonds. The average Bonchev–Trinajstić information content (AvgIpc) is 2.90. The van der Waals surface area contributed by atoms with Crippen molar-refractivity contribution in [1.82, 2.24) is 9.97 Å². The molecule has 0 fully saturated rings. The molecule has 1 aromatic carbocycles. The van der Waals surface area contributed by atoms with E-state index in [1.165, 1.54) is 16.4 Å². The van der Waals surface area contributed by atoms with Crippen molar-refractivity contribution in [2.45, 2.75) is 33.5 Å². The number of hydrogen-bond donors (Lipinski definition) is 0. The first kappa shape index (κ1) is 16.0. The monoisotopic (exact) mass is 346 g/mol. The average molecular weight is 347 g/mol. The minimum Gasteiger partial charge on any atom is -0.435 e. The molecule has 4 rings (SSSR count). The number of aryl methyl sites for hydroxylation is 2. The summed E-state index contributed by atoms with van der Waals surface area (Å²) in [7, 11) is -1.48. The first-order valence-corrected chi connectivity index (χ1v) is 12.1. The summed E-state index contributed by atoms with van der Waals surface area (Å²) >= 11 is 0. The van der Waals surface area contributed by atoms with E-state index in [4.69, 9.17) is 9.40 Å². The zero-order valence-electron chi connectivity index (χ0n) is 15.3. The van der Waals surface area contributed by atoms with Gasteiger partial charge in [-0.2, -0.15) is 0 Å². The molecule has 0 bridgehead atoms. The number of furan rings is 1. The van der Waals surface area contributed by atoms with Crippen LogP contribution in [0.15, 0.2) is 47.0 Å². The lowest BCUT2D eigenvalue weighted by Crippen LogP contribution is -2.39. The smallest absolute Gasteiger partial charge is 0.227 e. The largest absolute Gasteiger partial charge is 0.435 e. The number of hydrogen-bond acceptors (Lipinski definition) is 3. The third kappa shape index (κ3) is 2.76. The maximum atomic E-state index is 6.20. The molecular formula is C21H22N2OSi. The second-order valence-corrected chi connectivity index (χ2v) is 12.8. The lowest BCUT2D eigenvalue weighted by Gasteiger charge is -2.14. The van der Waals surface area contributed by atoms with Crippen molar-refractivity contribution in [2.24, 2.45) is 0 Å². The Morgan fingerprint density at radius 2 is 1.60 bits per heavy atom. The van der Waals surface area contributed by atoms with E-state index in [9.17, 15) is 0 Å². The van der Waals surface area contributed by atoms with Gasteiger partial charge in [-0.15, -0.1) is 0 Å². The van der Waals surface area contributed by atoms with Gasteiger partial charge in [0.05, 0.1) is 0 Å². The molecule has 3 heterocycles. The summed E-state index contributed by atoms with van der Waals surface area (Å²) in [5, 5.41) is 3.30. The molecule has 4 heteroatoms. The Kier molecular flexibility index (Phi) is 3.54. The molecule has 3 aromatic heterocycles. The Bertz CT molecular complexity index is 1090. The third-order valence-electron chi connectivity index (χ3n) is 4.52. The molecule has 0 unspecified atom stereocenters. The maximum Gasteiger partial charge on any atom is 0.227 e. The van der Waals surface area contributed by atoms with E-state index in [0.29, 0.717) is 5.71 Å². The van der Waals surface area contributed by atoms with Crippen molar-refractivity contribution < 1.29 is 4.42 Å². The summed E-state index contributed by atoms with van der Waals surface area (Å²) in [6.07, 6.45) is 1.86. The van der Waals surface area contributed by atoms with Crippen LogP contribution in [0.5, 0.6) is 0 Å². The van der Waals surface area contributed by atoms with Crippen molar-refractivity contribution in [3.63, 3.8) is 0 Å². The fraction of sp³-hybridized carbons (Fsp3) is 0.238. The Balaban J connectivity index is 2.01. The Morgan fingerprint density at radius 3 is 2.28 bits per heavy atom. The SMILES string of the molecule is Cc1cc(C)cc(-c2nccc3c2oc2nc([Si](C)(C)C)ccc23)c1. The Morgan fingerprint density at radius 1 is 0.880 bits per heavy atom. The number of pyridine rings is 2. The molecule has 25 heavy (non-hydrogen) atoms. The van der Waals surface area contributed by atoms with Crippen LogP contribution in [-0.2, 0) is 0 Å². The highest BCUT2D eigenvalue weighted by Crippen LogP contribution is 2.33. The second-order valence-electron chi connectivity index (χ2n) is 7.81. The topological polar surface area (TPSA) is 38.9 Å². The Hall–Kier alpha value is -2.46. The van der Waals surface area contributed by atoms with Crippen LogP contribution in [0.4, 0.5) is 0 Å².